The van der Waals surface area contributed by atoms with Gasteiger partial charge in [0.2, 0.25) is 0 Å². The third-order valence-electron chi connectivity index (χ3n) is 3.72. The van der Waals surface area contributed by atoms with E-state index >= 15 is 0 Å². The highest BCUT2D eigenvalue weighted by molar-refractivity contribution is 5.96. The van der Waals surface area contributed by atoms with Crippen molar-refractivity contribution in [1.82, 2.24) is 0 Å². The zero-order valence-electron chi connectivity index (χ0n) is 14.2. The molecule has 1 N–H and O–H groups in total. The second-order valence-corrected chi connectivity index (χ2v) is 5.41. The molecule has 0 spiro atoms. The molecule has 0 aliphatic heterocycles. The largest absolute Gasteiger partial charge is 0.490 e. The number of ether oxygens (including phenoxy) is 2. The Labute approximate surface area is 146 Å². The van der Waals surface area contributed by atoms with Crippen LogP contribution in [0.2, 0.25) is 0 Å². The quantitative estimate of drug-likeness (QED) is 0.473. The van der Waals surface area contributed by atoms with Gasteiger partial charge in [0.25, 0.3) is 0 Å². The summed E-state index contributed by atoms with van der Waals surface area (Å²) in [6, 6.07) is 14.5. The van der Waals surface area contributed by atoms with E-state index in [0.29, 0.717) is 24.5 Å². The fourth-order valence-electron chi connectivity index (χ4n) is 2.21. The number of carbonyl (C=O) groups is 1. The first-order valence-electron chi connectivity index (χ1n) is 7.79. The molecule has 0 aliphatic carbocycles. The second-order valence-electron chi connectivity index (χ2n) is 5.41. The van der Waals surface area contributed by atoms with Crippen molar-refractivity contribution in [3.8, 4) is 17.6 Å². The molecule has 0 aromatic heterocycles. The van der Waals surface area contributed by atoms with Crippen molar-refractivity contribution in [3.63, 3.8) is 0 Å². The molecule has 0 heterocycles. The van der Waals surface area contributed by atoms with Crippen LogP contribution in [0, 0.1) is 25.2 Å². The maximum absolute atomic E-state index is 11.0. The second kappa shape index (κ2) is 8.55. The van der Waals surface area contributed by atoms with E-state index in [1.165, 1.54) is 6.08 Å². The molecule has 25 heavy (non-hydrogen) atoms. The number of carboxylic acid groups (broad SMARTS) is 1. The van der Waals surface area contributed by atoms with Crippen LogP contribution in [-0.4, -0.2) is 24.3 Å². The molecule has 5 nitrogen and oxygen atoms in total. The number of aryl methyl sites for hydroxylation is 1. The van der Waals surface area contributed by atoms with Gasteiger partial charge in [-0.1, -0.05) is 30.3 Å². The third-order valence-corrected chi connectivity index (χ3v) is 3.72. The van der Waals surface area contributed by atoms with Crippen molar-refractivity contribution >= 4 is 12.0 Å². The van der Waals surface area contributed by atoms with Crippen LogP contribution in [0.15, 0.2) is 48.0 Å². The number of nitrogens with zero attached hydrogens (tertiary/aromatic N) is 1. The average molecular weight is 337 g/mol. The summed E-state index contributed by atoms with van der Waals surface area (Å²) in [7, 11) is 0. The summed E-state index contributed by atoms with van der Waals surface area (Å²) in [6.07, 6.45) is 1.29. The zero-order chi connectivity index (χ0) is 18.2. The molecule has 0 unspecified atom stereocenters. The molecule has 2 rings (SSSR count). The summed E-state index contributed by atoms with van der Waals surface area (Å²) < 4.78 is 11.4. The lowest BCUT2D eigenvalue weighted by molar-refractivity contribution is -0.132. The Morgan fingerprint density at radius 3 is 2.40 bits per heavy atom. The molecular weight excluding hydrogens is 318 g/mol. The average Bonchev–Trinajstić information content (AvgIpc) is 2.60. The zero-order valence-corrected chi connectivity index (χ0v) is 14.2. The van der Waals surface area contributed by atoms with Gasteiger partial charge in [-0.2, -0.15) is 5.26 Å². The maximum Gasteiger partial charge on any atom is 0.346 e. The van der Waals surface area contributed by atoms with Crippen molar-refractivity contribution in [2.75, 3.05) is 13.2 Å². The number of aliphatic carboxylic acids is 1. The number of benzene rings is 2. The fourth-order valence-corrected chi connectivity index (χ4v) is 2.21. The van der Waals surface area contributed by atoms with E-state index in [0.717, 1.165) is 16.9 Å². The SMILES string of the molecule is Cc1cccc(OCCOc2ccccc2C=C(C#N)C(=O)O)c1C. The summed E-state index contributed by atoms with van der Waals surface area (Å²) in [4.78, 5) is 11.0. The Morgan fingerprint density at radius 2 is 1.72 bits per heavy atom. The number of carboxylic acids is 1. The standard InChI is InChI=1S/C20H19NO4/c1-14-6-5-9-18(15(14)2)24-10-11-25-19-8-4-3-7-16(19)12-17(13-21)20(22)23/h3-9,12H,10-11H2,1-2H3,(H,22,23). The summed E-state index contributed by atoms with van der Waals surface area (Å²) in [5, 5.41) is 17.8. The van der Waals surface area contributed by atoms with Crippen molar-refractivity contribution < 1.29 is 19.4 Å². The van der Waals surface area contributed by atoms with Crippen LogP contribution in [-0.2, 0) is 4.79 Å². The molecule has 0 aliphatic rings. The molecule has 0 radical (unpaired) electrons. The molecule has 0 saturated heterocycles. The van der Waals surface area contributed by atoms with Crippen LogP contribution < -0.4 is 9.47 Å². The van der Waals surface area contributed by atoms with Gasteiger partial charge in [0.05, 0.1) is 0 Å². The number of rotatable bonds is 7. The van der Waals surface area contributed by atoms with Gasteiger partial charge < -0.3 is 14.6 Å². The highest BCUT2D eigenvalue weighted by Crippen LogP contribution is 2.22. The number of hydrogen-bond acceptors (Lipinski definition) is 4. The highest BCUT2D eigenvalue weighted by atomic mass is 16.5. The van der Waals surface area contributed by atoms with Crippen molar-refractivity contribution in [2.24, 2.45) is 0 Å². The van der Waals surface area contributed by atoms with Gasteiger partial charge in [-0.05, 0) is 43.2 Å². The topological polar surface area (TPSA) is 79.5 Å². The molecule has 5 heteroatoms. The van der Waals surface area contributed by atoms with E-state index in [9.17, 15) is 4.79 Å². The normalized spacial score (nSPS) is 10.8. The van der Waals surface area contributed by atoms with Gasteiger partial charge in [0.1, 0.15) is 36.4 Å². The van der Waals surface area contributed by atoms with Gasteiger partial charge in [-0.25, -0.2) is 4.79 Å². The minimum atomic E-state index is -1.27. The summed E-state index contributed by atoms with van der Waals surface area (Å²) >= 11 is 0. The van der Waals surface area contributed by atoms with Gasteiger partial charge in [0.15, 0.2) is 0 Å². The Bertz CT molecular complexity index is 834. The molecule has 0 atom stereocenters. The van der Waals surface area contributed by atoms with Gasteiger partial charge in [-0.15, -0.1) is 0 Å². The van der Waals surface area contributed by atoms with Crippen LogP contribution in [0.3, 0.4) is 0 Å². The Morgan fingerprint density at radius 1 is 1.08 bits per heavy atom. The van der Waals surface area contributed by atoms with Gasteiger partial charge >= 0.3 is 5.97 Å². The van der Waals surface area contributed by atoms with E-state index in [2.05, 4.69) is 0 Å². The van der Waals surface area contributed by atoms with Crippen molar-refractivity contribution in [1.29, 1.82) is 5.26 Å². The van der Waals surface area contributed by atoms with Crippen LogP contribution in [0.4, 0.5) is 0 Å². The van der Waals surface area contributed by atoms with Crippen LogP contribution >= 0.6 is 0 Å². The Hall–Kier alpha value is -3.26. The van der Waals surface area contributed by atoms with Crippen molar-refractivity contribution in [3.05, 3.63) is 64.7 Å². The number of hydrogen-bond donors (Lipinski definition) is 1. The fraction of sp³-hybridized carbons (Fsp3) is 0.200. The predicted molar refractivity (Wildman–Crippen MR) is 94.6 cm³/mol. The van der Waals surface area contributed by atoms with E-state index in [1.54, 1.807) is 30.3 Å². The Kier molecular flexibility index (Phi) is 6.19. The summed E-state index contributed by atoms with van der Waals surface area (Å²) in [5.74, 6) is 0.0473. The third kappa shape index (κ3) is 4.85. The molecule has 0 amide bonds. The van der Waals surface area contributed by atoms with E-state index in [1.807, 2.05) is 32.0 Å². The Balaban J connectivity index is 2.01. The van der Waals surface area contributed by atoms with Crippen LogP contribution in [0.25, 0.3) is 6.08 Å². The monoisotopic (exact) mass is 337 g/mol. The predicted octanol–water partition coefficient (Wildman–Crippen LogP) is 3.75. The minimum absolute atomic E-state index is 0.299. The molecule has 0 saturated carbocycles. The molecule has 2 aromatic carbocycles. The first-order chi connectivity index (χ1) is 12.0. The van der Waals surface area contributed by atoms with Gasteiger partial charge in [0, 0.05) is 5.56 Å². The highest BCUT2D eigenvalue weighted by Gasteiger charge is 2.09. The minimum Gasteiger partial charge on any atom is -0.490 e. The lowest BCUT2D eigenvalue weighted by Crippen LogP contribution is -2.10. The first-order valence-corrected chi connectivity index (χ1v) is 7.79. The number of para-hydroxylation sites is 1. The first kappa shape index (κ1) is 18.1. The van der Waals surface area contributed by atoms with Gasteiger partial charge in [-0.3, -0.25) is 0 Å². The van der Waals surface area contributed by atoms with Crippen LogP contribution in [0.5, 0.6) is 11.5 Å². The molecule has 2 aromatic rings. The molecular formula is C20H19NO4. The van der Waals surface area contributed by atoms with E-state index in [-0.39, 0.29) is 5.57 Å². The number of nitriles is 1. The van der Waals surface area contributed by atoms with E-state index in [4.69, 9.17) is 19.8 Å². The molecule has 0 bridgehead atoms. The molecule has 128 valence electrons. The summed E-state index contributed by atoms with van der Waals surface area (Å²) in [5.41, 5.74) is 2.44. The lowest BCUT2D eigenvalue weighted by Gasteiger charge is -2.12. The summed E-state index contributed by atoms with van der Waals surface area (Å²) in [6.45, 7) is 4.68. The molecule has 0 fully saturated rings. The van der Waals surface area contributed by atoms with Crippen molar-refractivity contribution in [2.45, 2.75) is 13.8 Å². The van der Waals surface area contributed by atoms with Crippen LogP contribution in [0.1, 0.15) is 16.7 Å². The lowest BCUT2D eigenvalue weighted by atomic mass is 10.1. The smallest absolute Gasteiger partial charge is 0.346 e. The maximum atomic E-state index is 11.0. The van der Waals surface area contributed by atoms with E-state index < -0.39 is 5.97 Å².